The number of nitrogens with one attached hydrogen (secondary N) is 1. The second-order valence-electron chi connectivity index (χ2n) is 5.24. The van der Waals surface area contributed by atoms with E-state index < -0.39 is 31.8 Å². The van der Waals surface area contributed by atoms with Crippen LogP contribution >= 0.6 is 10.9 Å². The highest BCUT2D eigenvalue weighted by Gasteiger charge is 2.27. The van der Waals surface area contributed by atoms with Gasteiger partial charge in [-0.05, 0) is 25.1 Å². The molecule has 138 valence electrons. The van der Waals surface area contributed by atoms with Crippen LogP contribution in [0.1, 0.15) is 12.5 Å². The first kappa shape index (κ1) is 19.4. The third-order valence-electron chi connectivity index (χ3n) is 3.51. The first-order chi connectivity index (χ1) is 11.4. The van der Waals surface area contributed by atoms with Gasteiger partial charge in [0.25, 0.3) is 10.1 Å². The molecule has 0 fully saturated rings. The van der Waals surface area contributed by atoms with Crippen molar-refractivity contribution in [1.82, 2.24) is 0 Å². The van der Waals surface area contributed by atoms with E-state index in [4.69, 9.17) is 4.74 Å². The fourth-order valence-electron chi connectivity index (χ4n) is 2.59. The van der Waals surface area contributed by atoms with Crippen molar-refractivity contribution in [3.05, 3.63) is 23.8 Å². The van der Waals surface area contributed by atoms with Crippen LogP contribution in [0.15, 0.2) is 28.0 Å². The molecule has 2 rings (SSSR count). The molecule has 0 spiro atoms. The molecule has 0 aliphatic rings. The zero-order valence-corrected chi connectivity index (χ0v) is 15.1. The highest BCUT2D eigenvalue weighted by atomic mass is 32.3. The van der Waals surface area contributed by atoms with E-state index in [1.165, 1.54) is 27.0 Å². The number of ether oxygens (including phenoxy) is 1. The van der Waals surface area contributed by atoms with Gasteiger partial charge in [0.1, 0.15) is 21.5 Å². The van der Waals surface area contributed by atoms with Crippen LogP contribution < -0.4 is 10.1 Å². The van der Waals surface area contributed by atoms with Crippen LogP contribution in [0.2, 0.25) is 0 Å². The summed E-state index contributed by atoms with van der Waals surface area (Å²) in [7, 11) is -7.62. The van der Waals surface area contributed by atoms with Gasteiger partial charge >= 0.3 is 0 Å². The molecule has 2 aromatic carbocycles. The van der Waals surface area contributed by atoms with Crippen LogP contribution in [0.4, 0.5) is 5.69 Å². The first-order valence-corrected chi connectivity index (χ1v) is 9.72. The van der Waals surface area contributed by atoms with Gasteiger partial charge in [-0.2, -0.15) is 8.42 Å². The SMILES string of the molecule is COc1c(C)c(S(O)(O)O)cc2c(S(=O)(=O)O)ccc(NC(C)=O)c12. The molecular weight excluding hydrogens is 374 g/mol. The molecule has 0 bridgehead atoms. The fraction of sp³-hybridized carbons (Fsp3) is 0.214. The molecule has 0 aromatic heterocycles. The monoisotopic (exact) mass is 391 g/mol. The number of rotatable bonds is 4. The first-order valence-electron chi connectivity index (χ1n) is 6.78. The van der Waals surface area contributed by atoms with Crippen molar-refractivity contribution in [3.8, 4) is 5.75 Å². The lowest BCUT2D eigenvalue weighted by molar-refractivity contribution is -0.114. The minimum absolute atomic E-state index is 0.00998. The van der Waals surface area contributed by atoms with E-state index in [0.29, 0.717) is 0 Å². The number of amides is 1. The average molecular weight is 391 g/mol. The van der Waals surface area contributed by atoms with E-state index >= 15 is 0 Å². The average Bonchev–Trinajstić information content (AvgIpc) is 2.44. The molecule has 0 radical (unpaired) electrons. The fourth-order valence-corrected chi connectivity index (χ4v) is 4.04. The third kappa shape index (κ3) is 3.71. The molecule has 0 saturated carbocycles. The topological polar surface area (TPSA) is 153 Å². The summed E-state index contributed by atoms with van der Waals surface area (Å²) in [5, 5.41) is 2.48. The Morgan fingerprint density at radius 3 is 2.16 bits per heavy atom. The second kappa shape index (κ2) is 6.44. The van der Waals surface area contributed by atoms with E-state index in [1.807, 2.05) is 0 Å². The summed E-state index contributed by atoms with van der Waals surface area (Å²) in [6.07, 6.45) is 0. The molecule has 0 aliphatic heterocycles. The quantitative estimate of drug-likeness (QED) is 0.499. The standard InChI is InChI=1S/C14H17NO8S2/c1-7-12(25(20,21)22)6-9-11(24(17,18)19)5-4-10(15-8(2)16)13(9)14(7)23-3/h4-6,20-22H,1-3H3,(H,15,16)(H,17,18,19). The molecular formula is C14H17NO8S2. The molecule has 11 heteroatoms. The van der Waals surface area contributed by atoms with Crippen molar-refractivity contribution in [1.29, 1.82) is 0 Å². The number of hydrogen-bond acceptors (Lipinski definition) is 7. The Morgan fingerprint density at radius 2 is 1.72 bits per heavy atom. The summed E-state index contributed by atoms with van der Waals surface area (Å²) >= 11 is 0. The second-order valence-corrected chi connectivity index (χ2v) is 8.11. The molecule has 0 saturated heterocycles. The number of hydrogen-bond donors (Lipinski definition) is 5. The molecule has 0 aliphatic carbocycles. The van der Waals surface area contributed by atoms with Crippen LogP contribution in [0.3, 0.4) is 0 Å². The molecule has 25 heavy (non-hydrogen) atoms. The number of carbonyl (C=O) groups excluding carboxylic acids is 1. The Labute approximate surface area is 145 Å². The smallest absolute Gasteiger partial charge is 0.295 e. The molecule has 0 atom stereocenters. The van der Waals surface area contributed by atoms with Crippen LogP contribution in [0.25, 0.3) is 10.8 Å². The van der Waals surface area contributed by atoms with Crippen molar-refractivity contribution in [2.24, 2.45) is 0 Å². The minimum atomic E-state index is -4.68. The molecule has 5 N–H and O–H groups in total. The Hall–Kier alpha value is -1.89. The number of methoxy groups -OCH3 is 1. The zero-order chi connectivity index (χ0) is 19.2. The van der Waals surface area contributed by atoms with Gasteiger partial charge in [0.15, 0.2) is 0 Å². The van der Waals surface area contributed by atoms with Crippen LogP contribution in [-0.4, -0.2) is 39.6 Å². The molecule has 0 unspecified atom stereocenters. The van der Waals surface area contributed by atoms with E-state index in [9.17, 15) is 31.4 Å². The molecule has 9 nitrogen and oxygen atoms in total. The summed E-state index contributed by atoms with van der Waals surface area (Å²) in [4.78, 5) is 10.5. The van der Waals surface area contributed by atoms with E-state index in [-0.39, 0.29) is 32.7 Å². The van der Waals surface area contributed by atoms with Gasteiger partial charge < -0.3 is 23.7 Å². The number of anilines is 1. The predicted molar refractivity (Wildman–Crippen MR) is 93.1 cm³/mol. The van der Waals surface area contributed by atoms with Crippen LogP contribution in [0.5, 0.6) is 5.75 Å². The van der Waals surface area contributed by atoms with Crippen molar-refractivity contribution >= 4 is 43.4 Å². The van der Waals surface area contributed by atoms with Crippen molar-refractivity contribution in [2.45, 2.75) is 23.6 Å². The summed E-state index contributed by atoms with van der Waals surface area (Å²) in [5.41, 5.74) is 0.326. The number of fused-ring (bicyclic) bond motifs is 1. The zero-order valence-electron chi connectivity index (χ0n) is 13.5. The maximum absolute atomic E-state index is 11.7. The Balaban J connectivity index is 3.10. The minimum Gasteiger partial charge on any atom is -0.496 e. The number of carbonyl (C=O) groups is 1. The highest BCUT2D eigenvalue weighted by Crippen LogP contribution is 2.51. The summed E-state index contributed by atoms with van der Waals surface area (Å²) in [6, 6.07) is 3.34. The van der Waals surface area contributed by atoms with Crippen molar-refractivity contribution in [3.63, 3.8) is 0 Å². The van der Waals surface area contributed by atoms with Gasteiger partial charge in [-0.1, -0.05) is 0 Å². The summed E-state index contributed by atoms with van der Waals surface area (Å²) in [5.74, 6) is -0.424. The van der Waals surface area contributed by atoms with Gasteiger partial charge in [-0.25, -0.2) is 0 Å². The molecule has 2 aromatic rings. The van der Waals surface area contributed by atoms with Crippen molar-refractivity contribution < 1.29 is 36.2 Å². The van der Waals surface area contributed by atoms with Gasteiger partial charge in [-0.3, -0.25) is 9.35 Å². The highest BCUT2D eigenvalue weighted by molar-refractivity contribution is 8.19. The van der Waals surface area contributed by atoms with E-state index in [2.05, 4.69) is 5.32 Å². The van der Waals surface area contributed by atoms with Gasteiger partial charge in [-0.15, -0.1) is 0 Å². The van der Waals surface area contributed by atoms with E-state index in [1.54, 1.807) is 0 Å². The lowest BCUT2D eigenvalue weighted by atomic mass is 10.0. The normalized spacial score (nSPS) is 12.9. The summed E-state index contributed by atoms with van der Waals surface area (Å²) in [6.45, 7) is 2.68. The van der Waals surface area contributed by atoms with Gasteiger partial charge in [0, 0.05) is 23.3 Å². The predicted octanol–water partition coefficient (Wildman–Crippen LogP) is 2.94. The summed E-state index contributed by atoms with van der Waals surface area (Å²) < 4.78 is 66.9. The largest absolute Gasteiger partial charge is 0.496 e. The Bertz CT molecular complexity index is 963. The molecule has 1 amide bonds. The number of benzene rings is 2. The van der Waals surface area contributed by atoms with Gasteiger partial charge in [0.05, 0.1) is 17.7 Å². The maximum atomic E-state index is 11.7. The third-order valence-corrected chi connectivity index (χ3v) is 5.43. The lowest BCUT2D eigenvalue weighted by Crippen LogP contribution is -2.09. The van der Waals surface area contributed by atoms with Gasteiger partial charge in [0.2, 0.25) is 5.91 Å². The van der Waals surface area contributed by atoms with Crippen LogP contribution in [-0.2, 0) is 14.9 Å². The Kier molecular flexibility index (Phi) is 5.01. The van der Waals surface area contributed by atoms with Crippen LogP contribution in [0, 0.1) is 6.92 Å². The Morgan fingerprint density at radius 1 is 1.12 bits per heavy atom. The van der Waals surface area contributed by atoms with E-state index in [0.717, 1.165) is 12.1 Å². The molecule has 0 heterocycles. The van der Waals surface area contributed by atoms with Crippen molar-refractivity contribution in [2.75, 3.05) is 12.4 Å². The maximum Gasteiger partial charge on any atom is 0.295 e. The lowest BCUT2D eigenvalue weighted by Gasteiger charge is -2.25.